The third-order valence-corrected chi connectivity index (χ3v) is 5.08. The van der Waals surface area contributed by atoms with Crippen LogP contribution in [0.1, 0.15) is 22.3 Å². The summed E-state index contributed by atoms with van der Waals surface area (Å²) in [6.07, 6.45) is 0.907. The first-order valence-electron chi connectivity index (χ1n) is 8.68. The van der Waals surface area contributed by atoms with Crippen LogP contribution in [-0.2, 0) is 6.42 Å². The first kappa shape index (κ1) is 14.4. The second kappa shape index (κ2) is 5.25. The van der Waals surface area contributed by atoms with E-state index < -0.39 is 0 Å². The average Bonchev–Trinajstić information content (AvgIpc) is 2.98. The molecule has 3 aromatic carbocycles. The number of benzene rings is 3. The molecule has 0 saturated heterocycles. The Morgan fingerprint density at radius 1 is 0.840 bits per heavy atom. The van der Waals surface area contributed by atoms with Gasteiger partial charge in [0.25, 0.3) is 0 Å². The number of furan rings is 1. The van der Waals surface area contributed by atoms with Crippen LogP contribution in [0.5, 0.6) is 0 Å². The molecule has 2 heteroatoms. The van der Waals surface area contributed by atoms with E-state index in [0.29, 0.717) is 0 Å². The summed E-state index contributed by atoms with van der Waals surface area (Å²) in [6.45, 7) is 4.29. The second-order valence-corrected chi connectivity index (χ2v) is 6.81. The van der Waals surface area contributed by atoms with E-state index in [9.17, 15) is 0 Å². The number of para-hydroxylation sites is 2. The van der Waals surface area contributed by atoms with Crippen LogP contribution in [0.15, 0.2) is 71.1 Å². The molecule has 0 aliphatic carbocycles. The van der Waals surface area contributed by atoms with Crippen molar-refractivity contribution in [2.45, 2.75) is 20.3 Å². The lowest BCUT2D eigenvalue weighted by Gasteiger charge is -2.31. The summed E-state index contributed by atoms with van der Waals surface area (Å²) in [5.74, 6) is 0.952. The topological polar surface area (TPSA) is 16.4 Å². The Hall–Kier alpha value is -3.00. The molecule has 25 heavy (non-hydrogen) atoms. The zero-order valence-electron chi connectivity index (χ0n) is 14.4. The standard InChI is InChI=1S/C23H19NO/c1-15-11-12-22-18(13-15)19-14-17-8-4-6-10-21(17)24(23(19)25-22)20-9-5-3-7-16(20)2/h3-13H,14H2,1-2H3. The molecule has 2 nitrogen and oxygen atoms in total. The highest BCUT2D eigenvalue weighted by atomic mass is 16.4. The van der Waals surface area contributed by atoms with Gasteiger partial charge in [-0.05, 0) is 49.2 Å². The Kier molecular flexibility index (Phi) is 3.01. The predicted octanol–water partition coefficient (Wildman–Crippen LogP) is 6.42. The van der Waals surface area contributed by atoms with Crippen LogP contribution in [0.4, 0.5) is 17.3 Å². The molecule has 2 heterocycles. The van der Waals surface area contributed by atoms with Gasteiger partial charge in [-0.3, -0.25) is 4.90 Å². The van der Waals surface area contributed by atoms with Crippen LogP contribution in [0.25, 0.3) is 11.0 Å². The van der Waals surface area contributed by atoms with Crippen LogP contribution in [0.3, 0.4) is 0 Å². The smallest absolute Gasteiger partial charge is 0.209 e. The molecule has 0 radical (unpaired) electrons. The Labute approximate surface area is 147 Å². The fraction of sp³-hybridized carbons (Fsp3) is 0.130. The Balaban J connectivity index is 1.85. The number of hydrogen-bond donors (Lipinski definition) is 0. The first-order chi connectivity index (χ1) is 12.2. The van der Waals surface area contributed by atoms with Crippen molar-refractivity contribution in [1.29, 1.82) is 0 Å². The third kappa shape index (κ3) is 2.11. The molecule has 122 valence electrons. The Bertz CT molecular complexity index is 1100. The van der Waals surface area contributed by atoms with Crippen LogP contribution >= 0.6 is 0 Å². The van der Waals surface area contributed by atoms with Gasteiger partial charge in [-0.15, -0.1) is 0 Å². The molecule has 0 saturated carbocycles. The predicted molar refractivity (Wildman–Crippen MR) is 103 cm³/mol. The summed E-state index contributed by atoms with van der Waals surface area (Å²) in [4.78, 5) is 2.28. The van der Waals surface area contributed by atoms with Crippen molar-refractivity contribution >= 4 is 28.2 Å². The van der Waals surface area contributed by atoms with Crippen molar-refractivity contribution in [2.75, 3.05) is 4.90 Å². The number of hydrogen-bond acceptors (Lipinski definition) is 2. The SMILES string of the molecule is Cc1ccc2oc3c(c2c1)Cc1ccccc1N3c1ccccc1C. The molecule has 1 aliphatic heterocycles. The molecule has 0 amide bonds. The van der Waals surface area contributed by atoms with Crippen LogP contribution in [0.2, 0.25) is 0 Å². The minimum absolute atomic E-state index is 0.907. The van der Waals surface area contributed by atoms with Crippen molar-refractivity contribution in [3.63, 3.8) is 0 Å². The minimum atomic E-state index is 0.907. The summed E-state index contributed by atoms with van der Waals surface area (Å²) < 4.78 is 6.35. The second-order valence-electron chi connectivity index (χ2n) is 6.81. The summed E-state index contributed by atoms with van der Waals surface area (Å²) in [7, 11) is 0. The highest BCUT2D eigenvalue weighted by Crippen LogP contribution is 2.48. The molecule has 1 aliphatic rings. The van der Waals surface area contributed by atoms with Crippen molar-refractivity contribution < 1.29 is 4.42 Å². The summed E-state index contributed by atoms with van der Waals surface area (Å²) >= 11 is 0. The number of aryl methyl sites for hydroxylation is 2. The first-order valence-corrected chi connectivity index (χ1v) is 8.68. The van der Waals surface area contributed by atoms with E-state index in [1.54, 1.807) is 0 Å². The maximum atomic E-state index is 6.35. The monoisotopic (exact) mass is 325 g/mol. The van der Waals surface area contributed by atoms with Gasteiger partial charge < -0.3 is 4.42 Å². The number of rotatable bonds is 1. The van der Waals surface area contributed by atoms with Gasteiger partial charge in [0.15, 0.2) is 0 Å². The van der Waals surface area contributed by atoms with E-state index in [4.69, 9.17) is 4.42 Å². The van der Waals surface area contributed by atoms with Crippen LogP contribution in [-0.4, -0.2) is 0 Å². The van der Waals surface area contributed by atoms with Gasteiger partial charge >= 0.3 is 0 Å². The maximum Gasteiger partial charge on any atom is 0.209 e. The fourth-order valence-electron chi connectivity index (χ4n) is 3.83. The molecule has 0 fully saturated rings. The summed E-state index contributed by atoms with van der Waals surface area (Å²) in [5.41, 5.74) is 8.45. The molecule has 0 unspecified atom stereocenters. The normalized spacial score (nSPS) is 13.0. The third-order valence-electron chi connectivity index (χ3n) is 5.08. The zero-order chi connectivity index (χ0) is 17.0. The van der Waals surface area contributed by atoms with Gasteiger partial charge in [-0.1, -0.05) is 48.0 Å². The largest absolute Gasteiger partial charge is 0.439 e. The van der Waals surface area contributed by atoms with E-state index in [-0.39, 0.29) is 0 Å². The lowest BCUT2D eigenvalue weighted by Crippen LogP contribution is -2.18. The Morgan fingerprint density at radius 3 is 2.44 bits per heavy atom. The van der Waals surface area contributed by atoms with Gasteiger partial charge in [0.2, 0.25) is 5.88 Å². The molecule has 0 spiro atoms. The zero-order valence-corrected chi connectivity index (χ0v) is 14.4. The number of fused-ring (bicyclic) bond motifs is 4. The van der Waals surface area contributed by atoms with E-state index >= 15 is 0 Å². The molecule has 0 bridgehead atoms. The van der Waals surface area contributed by atoms with Gasteiger partial charge in [0, 0.05) is 17.4 Å². The molecule has 0 atom stereocenters. The lowest BCUT2D eigenvalue weighted by atomic mass is 9.95. The molecule has 1 aromatic heterocycles. The van der Waals surface area contributed by atoms with E-state index in [1.807, 2.05) is 0 Å². The van der Waals surface area contributed by atoms with Crippen molar-refractivity contribution in [1.82, 2.24) is 0 Å². The number of anilines is 3. The highest BCUT2D eigenvalue weighted by Gasteiger charge is 2.29. The van der Waals surface area contributed by atoms with Crippen LogP contribution < -0.4 is 4.90 Å². The lowest BCUT2D eigenvalue weighted by molar-refractivity contribution is 0.613. The van der Waals surface area contributed by atoms with E-state index in [0.717, 1.165) is 17.9 Å². The molecular formula is C23H19NO. The molecule has 4 aromatic rings. The van der Waals surface area contributed by atoms with E-state index in [2.05, 4.69) is 85.5 Å². The van der Waals surface area contributed by atoms with Crippen molar-refractivity contribution in [3.8, 4) is 0 Å². The van der Waals surface area contributed by atoms with Crippen molar-refractivity contribution in [2.24, 2.45) is 0 Å². The van der Waals surface area contributed by atoms with Gasteiger partial charge in [0.05, 0.1) is 11.4 Å². The average molecular weight is 325 g/mol. The van der Waals surface area contributed by atoms with Crippen LogP contribution in [0, 0.1) is 13.8 Å². The quantitative estimate of drug-likeness (QED) is 0.353. The maximum absolute atomic E-state index is 6.35. The Morgan fingerprint density at radius 2 is 1.60 bits per heavy atom. The van der Waals surface area contributed by atoms with Crippen molar-refractivity contribution in [3.05, 3.63) is 89.0 Å². The van der Waals surface area contributed by atoms with Gasteiger partial charge in [0.1, 0.15) is 5.58 Å². The summed E-state index contributed by atoms with van der Waals surface area (Å²) in [6, 6.07) is 23.5. The highest BCUT2D eigenvalue weighted by molar-refractivity contribution is 5.93. The number of nitrogens with zero attached hydrogens (tertiary/aromatic N) is 1. The summed E-state index contributed by atoms with van der Waals surface area (Å²) in [5, 5.41) is 1.23. The van der Waals surface area contributed by atoms with E-state index in [1.165, 1.54) is 39.0 Å². The molecule has 5 rings (SSSR count). The molecular weight excluding hydrogens is 306 g/mol. The minimum Gasteiger partial charge on any atom is -0.439 e. The molecule has 0 N–H and O–H groups in total. The fourth-order valence-corrected chi connectivity index (χ4v) is 3.83. The van der Waals surface area contributed by atoms with Gasteiger partial charge in [-0.25, -0.2) is 0 Å². The van der Waals surface area contributed by atoms with Gasteiger partial charge in [-0.2, -0.15) is 0 Å².